The second kappa shape index (κ2) is 6.80. The summed E-state index contributed by atoms with van der Waals surface area (Å²) in [7, 11) is 0. The Balaban J connectivity index is 1.58. The number of benzene rings is 2. The highest BCUT2D eigenvalue weighted by atomic mass is 16.5. The smallest absolute Gasteiger partial charge is 0.0703 e. The van der Waals surface area contributed by atoms with Crippen LogP contribution in [0.15, 0.2) is 67.0 Å². The number of nitrogens with one attached hydrogen (secondary N) is 1. The first-order valence-corrected chi connectivity index (χ1v) is 9.57. The maximum absolute atomic E-state index is 5.68. The average Bonchev–Trinajstić information content (AvgIpc) is 3.18. The van der Waals surface area contributed by atoms with Crippen molar-refractivity contribution >= 4 is 21.8 Å². The van der Waals surface area contributed by atoms with E-state index in [0.29, 0.717) is 12.0 Å². The molecular formula is C23H23N3O. The van der Waals surface area contributed by atoms with Gasteiger partial charge in [-0.25, -0.2) is 0 Å². The van der Waals surface area contributed by atoms with Crippen LogP contribution in [0.2, 0.25) is 0 Å². The molecule has 136 valence electrons. The zero-order chi connectivity index (χ0) is 18.2. The van der Waals surface area contributed by atoms with E-state index in [1.54, 1.807) is 0 Å². The number of morpholine rings is 1. The van der Waals surface area contributed by atoms with Crippen molar-refractivity contribution in [3.63, 3.8) is 0 Å². The number of fused-ring (bicyclic) bond motifs is 2. The Morgan fingerprint density at radius 1 is 1.15 bits per heavy atom. The van der Waals surface area contributed by atoms with E-state index < -0.39 is 0 Å². The fourth-order valence-corrected chi connectivity index (χ4v) is 4.15. The molecule has 2 atom stereocenters. The van der Waals surface area contributed by atoms with E-state index in [-0.39, 0.29) is 0 Å². The van der Waals surface area contributed by atoms with Gasteiger partial charge < -0.3 is 14.6 Å². The van der Waals surface area contributed by atoms with Gasteiger partial charge in [0.15, 0.2) is 0 Å². The van der Waals surface area contributed by atoms with E-state index in [4.69, 9.17) is 4.74 Å². The first kappa shape index (κ1) is 16.5. The normalized spacial score (nSPS) is 18.8. The molecule has 0 saturated carbocycles. The van der Waals surface area contributed by atoms with Gasteiger partial charge >= 0.3 is 0 Å². The van der Waals surface area contributed by atoms with Crippen LogP contribution in [0.3, 0.4) is 0 Å². The van der Waals surface area contributed by atoms with E-state index in [2.05, 4.69) is 76.5 Å². The Kier molecular flexibility index (Phi) is 4.15. The summed E-state index contributed by atoms with van der Waals surface area (Å²) in [5.74, 6) is 0.394. The van der Waals surface area contributed by atoms with Crippen LogP contribution in [-0.4, -0.2) is 35.4 Å². The van der Waals surface area contributed by atoms with Crippen molar-refractivity contribution in [2.75, 3.05) is 19.8 Å². The molecule has 2 aromatic heterocycles. The summed E-state index contributed by atoms with van der Waals surface area (Å²) in [6.45, 7) is 4.80. The quantitative estimate of drug-likeness (QED) is 0.595. The molecule has 4 heteroatoms. The van der Waals surface area contributed by atoms with Crippen LogP contribution in [0.5, 0.6) is 0 Å². The van der Waals surface area contributed by atoms with Crippen molar-refractivity contribution in [1.29, 1.82) is 0 Å². The molecule has 1 N–H and O–H groups in total. The van der Waals surface area contributed by atoms with Crippen LogP contribution < -0.4 is 5.32 Å². The molecule has 0 radical (unpaired) electrons. The van der Waals surface area contributed by atoms with Crippen LogP contribution in [0.1, 0.15) is 18.4 Å². The summed E-state index contributed by atoms with van der Waals surface area (Å²) >= 11 is 0. The highest BCUT2D eigenvalue weighted by molar-refractivity contribution is 5.87. The molecule has 3 heterocycles. The molecule has 1 fully saturated rings. The van der Waals surface area contributed by atoms with E-state index in [9.17, 15) is 0 Å². The van der Waals surface area contributed by atoms with Gasteiger partial charge in [-0.15, -0.1) is 0 Å². The lowest BCUT2D eigenvalue weighted by atomic mass is 9.91. The zero-order valence-corrected chi connectivity index (χ0v) is 15.4. The average molecular weight is 357 g/mol. The van der Waals surface area contributed by atoms with Crippen LogP contribution in [0.4, 0.5) is 0 Å². The SMILES string of the molecule is CC(c1cccc2c1ccn2-c1ccc2ncccc2c1)C1COCCN1. The lowest BCUT2D eigenvalue weighted by Gasteiger charge is -2.29. The molecule has 0 spiro atoms. The highest BCUT2D eigenvalue weighted by Crippen LogP contribution is 2.31. The van der Waals surface area contributed by atoms with E-state index >= 15 is 0 Å². The summed E-state index contributed by atoms with van der Waals surface area (Å²) in [5, 5.41) is 6.07. The molecule has 1 aliphatic rings. The Labute approximate surface area is 158 Å². The molecule has 1 saturated heterocycles. The minimum absolute atomic E-state index is 0.361. The summed E-state index contributed by atoms with van der Waals surface area (Å²) in [6, 6.07) is 19.7. The summed E-state index contributed by atoms with van der Waals surface area (Å²) in [5.41, 5.74) is 4.79. The number of nitrogens with zero attached hydrogens (tertiary/aromatic N) is 2. The maximum atomic E-state index is 5.68. The van der Waals surface area contributed by atoms with Crippen molar-refractivity contribution in [3.05, 3.63) is 72.6 Å². The minimum Gasteiger partial charge on any atom is -0.378 e. The van der Waals surface area contributed by atoms with Crippen molar-refractivity contribution in [3.8, 4) is 5.69 Å². The van der Waals surface area contributed by atoms with Crippen molar-refractivity contribution in [1.82, 2.24) is 14.9 Å². The van der Waals surface area contributed by atoms with Crippen molar-refractivity contribution in [2.24, 2.45) is 0 Å². The number of ether oxygens (including phenoxy) is 1. The number of hydrogen-bond acceptors (Lipinski definition) is 3. The fourth-order valence-electron chi connectivity index (χ4n) is 4.15. The molecule has 0 amide bonds. The molecule has 2 aromatic carbocycles. The molecule has 4 aromatic rings. The molecule has 27 heavy (non-hydrogen) atoms. The molecular weight excluding hydrogens is 334 g/mol. The molecule has 4 nitrogen and oxygen atoms in total. The van der Waals surface area contributed by atoms with Crippen LogP contribution in [-0.2, 0) is 4.74 Å². The van der Waals surface area contributed by atoms with Gasteiger partial charge in [0.25, 0.3) is 0 Å². The standard InChI is InChI=1S/C23H23N3O/c1-16(22-15-27-13-11-25-22)19-5-2-6-23-20(19)9-12-26(23)18-7-8-21-17(14-18)4-3-10-24-21/h2-10,12,14,16,22,25H,11,13,15H2,1H3. The lowest BCUT2D eigenvalue weighted by Crippen LogP contribution is -2.44. The first-order chi connectivity index (χ1) is 13.3. The van der Waals surface area contributed by atoms with Gasteiger partial charge in [0.1, 0.15) is 0 Å². The van der Waals surface area contributed by atoms with Gasteiger partial charge in [-0.05, 0) is 47.9 Å². The molecule has 0 bridgehead atoms. The Morgan fingerprint density at radius 3 is 3.00 bits per heavy atom. The topological polar surface area (TPSA) is 39.1 Å². The summed E-state index contributed by atoms with van der Waals surface area (Å²) in [4.78, 5) is 4.43. The van der Waals surface area contributed by atoms with E-state index in [0.717, 1.165) is 36.3 Å². The predicted octanol–water partition coefficient (Wildman–Crippen LogP) is 4.27. The predicted molar refractivity (Wildman–Crippen MR) is 110 cm³/mol. The number of pyridine rings is 1. The fraction of sp³-hybridized carbons (Fsp3) is 0.261. The van der Waals surface area contributed by atoms with Gasteiger partial charge in [0.05, 0.1) is 24.2 Å². The van der Waals surface area contributed by atoms with Gasteiger partial charge in [-0.3, -0.25) is 4.98 Å². The third kappa shape index (κ3) is 2.91. The Bertz CT molecular complexity index is 1100. The van der Waals surface area contributed by atoms with Crippen LogP contribution in [0, 0.1) is 0 Å². The van der Waals surface area contributed by atoms with Gasteiger partial charge in [-0.1, -0.05) is 25.1 Å². The monoisotopic (exact) mass is 357 g/mol. The van der Waals surface area contributed by atoms with E-state index in [1.807, 2.05) is 12.3 Å². The van der Waals surface area contributed by atoms with E-state index in [1.165, 1.54) is 16.5 Å². The molecule has 1 aliphatic heterocycles. The number of aromatic nitrogens is 2. The van der Waals surface area contributed by atoms with Crippen molar-refractivity contribution < 1.29 is 4.74 Å². The highest BCUT2D eigenvalue weighted by Gasteiger charge is 2.23. The molecule has 0 aliphatic carbocycles. The Hall–Kier alpha value is -2.69. The molecule has 2 unspecified atom stereocenters. The molecule has 5 rings (SSSR count). The second-order valence-corrected chi connectivity index (χ2v) is 7.27. The van der Waals surface area contributed by atoms with Gasteiger partial charge in [0.2, 0.25) is 0 Å². The second-order valence-electron chi connectivity index (χ2n) is 7.27. The largest absolute Gasteiger partial charge is 0.378 e. The summed E-state index contributed by atoms with van der Waals surface area (Å²) < 4.78 is 7.95. The number of rotatable bonds is 3. The maximum Gasteiger partial charge on any atom is 0.0703 e. The van der Waals surface area contributed by atoms with Gasteiger partial charge in [0, 0.05) is 41.4 Å². The minimum atomic E-state index is 0.361. The van der Waals surface area contributed by atoms with Crippen LogP contribution in [0.25, 0.3) is 27.5 Å². The third-order valence-corrected chi connectivity index (χ3v) is 5.68. The zero-order valence-electron chi connectivity index (χ0n) is 15.4. The number of hydrogen-bond donors (Lipinski definition) is 1. The first-order valence-electron chi connectivity index (χ1n) is 9.57. The van der Waals surface area contributed by atoms with Crippen LogP contribution >= 0.6 is 0 Å². The Morgan fingerprint density at radius 2 is 2.11 bits per heavy atom. The van der Waals surface area contributed by atoms with Crippen molar-refractivity contribution in [2.45, 2.75) is 18.9 Å². The van der Waals surface area contributed by atoms with Gasteiger partial charge in [-0.2, -0.15) is 0 Å². The summed E-state index contributed by atoms with van der Waals surface area (Å²) in [6.07, 6.45) is 4.01. The third-order valence-electron chi connectivity index (χ3n) is 5.68. The lowest BCUT2D eigenvalue weighted by molar-refractivity contribution is 0.0699.